The van der Waals surface area contributed by atoms with Gasteiger partial charge in [-0.25, -0.2) is 0 Å². The zero-order valence-electron chi connectivity index (χ0n) is 6.83. The topological polar surface area (TPSA) is 63.6 Å². The molecule has 1 atom stereocenters. The average molecular weight is 256 g/mol. The van der Waals surface area contributed by atoms with Gasteiger partial charge in [0.05, 0.1) is 6.26 Å². The van der Waals surface area contributed by atoms with Crippen LogP contribution in [0.4, 0.5) is 22.0 Å². The number of ether oxygens (including phenoxy) is 1. The Labute approximate surface area is 81.1 Å². The highest BCUT2D eigenvalue weighted by atomic mass is 32.2. The highest BCUT2D eigenvalue weighted by Gasteiger charge is 2.65. The van der Waals surface area contributed by atoms with Crippen LogP contribution in [0.15, 0.2) is 12.8 Å². The summed E-state index contributed by atoms with van der Waals surface area (Å²) in [6, 6.07) is 0. The molecule has 0 heterocycles. The van der Waals surface area contributed by atoms with E-state index in [0.29, 0.717) is 0 Å². The van der Waals surface area contributed by atoms with Crippen molar-refractivity contribution in [3.8, 4) is 0 Å². The van der Waals surface area contributed by atoms with Crippen LogP contribution in [0.3, 0.4) is 0 Å². The smallest absolute Gasteiger partial charge is 0.432 e. The summed E-state index contributed by atoms with van der Waals surface area (Å²) >= 11 is 0. The molecule has 0 radical (unpaired) electrons. The second kappa shape index (κ2) is 3.93. The molecule has 0 aromatic heterocycles. The fraction of sp³-hybridized carbons (Fsp3) is 0.600. The van der Waals surface area contributed by atoms with E-state index >= 15 is 0 Å². The van der Waals surface area contributed by atoms with Crippen LogP contribution in [0.1, 0.15) is 0 Å². The van der Waals surface area contributed by atoms with Gasteiger partial charge in [0.2, 0.25) is 0 Å². The minimum atomic E-state index is -6.23. The maximum Gasteiger partial charge on any atom is 0.432 e. The molecule has 4 nitrogen and oxygen atoms in total. The quantitative estimate of drug-likeness (QED) is 0.471. The highest BCUT2D eigenvalue weighted by Crippen LogP contribution is 2.37. The lowest BCUT2D eigenvalue weighted by Crippen LogP contribution is -2.50. The molecule has 0 bridgehead atoms. The zero-order chi connectivity index (χ0) is 12.5. The lowest BCUT2D eigenvalue weighted by molar-refractivity contribution is -0.250. The third-order valence-corrected chi connectivity index (χ3v) is 2.08. The third-order valence-electron chi connectivity index (χ3n) is 1.18. The van der Waals surface area contributed by atoms with Crippen LogP contribution in [0.25, 0.3) is 0 Å². The van der Waals surface area contributed by atoms with E-state index in [2.05, 4.69) is 11.3 Å². The molecule has 0 aromatic rings. The summed E-state index contributed by atoms with van der Waals surface area (Å²) in [5.74, 6) is 0. The predicted molar refractivity (Wildman–Crippen MR) is 37.6 cm³/mol. The van der Waals surface area contributed by atoms with Gasteiger partial charge in [-0.15, -0.1) is 0 Å². The number of halogens is 5. The van der Waals surface area contributed by atoms with Crippen LogP contribution >= 0.6 is 0 Å². The summed E-state index contributed by atoms with van der Waals surface area (Å²) in [6.45, 7) is 2.58. The number of rotatable bonds is 4. The van der Waals surface area contributed by atoms with Crippen LogP contribution in [0, 0.1) is 0 Å². The van der Waals surface area contributed by atoms with Crippen LogP contribution in [-0.2, 0) is 14.9 Å². The molecule has 0 saturated heterocycles. The van der Waals surface area contributed by atoms with Crippen molar-refractivity contribution in [2.75, 3.05) is 0 Å². The zero-order valence-corrected chi connectivity index (χ0v) is 7.65. The molecule has 0 aliphatic heterocycles. The van der Waals surface area contributed by atoms with E-state index in [9.17, 15) is 30.4 Å². The monoisotopic (exact) mass is 256 g/mol. The molecule has 0 rings (SSSR count). The maximum atomic E-state index is 12.5. The van der Waals surface area contributed by atoms with Gasteiger partial charge < -0.3 is 4.74 Å². The molecule has 0 amide bonds. The maximum absolute atomic E-state index is 12.5. The summed E-state index contributed by atoms with van der Waals surface area (Å²) in [5, 5.41) is -5.50. The van der Waals surface area contributed by atoms with Gasteiger partial charge >= 0.3 is 21.5 Å². The largest absolute Gasteiger partial charge is 0.481 e. The second-order valence-corrected chi connectivity index (χ2v) is 3.76. The van der Waals surface area contributed by atoms with Crippen LogP contribution < -0.4 is 0 Å². The fourth-order valence-corrected chi connectivity index (χ4v) is 1.04. The Kier molecular flexibility index (Phi) is 3.69. The SMILES string of the molecule is C=COC(C(F)(F)F)C(F)(F)S(=O)(=O)O. The average Bonchev–Trinajstić information content (AvgIpc) is 1.95. The Morgan fingerprint density at radius 3 is 1.87 bits per heavy atom. The standard InChI is InChI=1S/C5H5F5O4S/c1-2-14-3(4(6,7)8)5(9,10)15(11,12)13/h2-3H,1H2,(H,11,12,13). The molecule has 10 heteroatoms. The first-order chi connectivity index (χ1) is 6.44. The van der Waals surface area contributed by atoms with Gasteiger partial charge in [-0.05, 0) is 0 Å². The van der Waals surface area contributed by atoms with E-state index in [1.807, 2.05) is 0 Å². The van der Waals surface area contributed by atoms with Gasteiger partial charge in [-0.3, -0.25) is 4.55 Å². The Hall–Kier alpha value is -0.900. The van der Waals surface area contributed by atoms with E-state index in [1.54, 1.807) is 0 Å². The van der Waals surface area contributed by atoms with Crippen molar-refractivity contribution in [2.24, 2.45) is 0 Å². The minimum absolute atomic E-state index is 0.00273. The molecule has 90 valence electrons. The van der Waals surface area contributed by atoms with E-state index in [-0.39, 0.29) is 6.26 Å². The Morgan fingerprint density at radius 1 is 1.27 bits per heavy atom. The van der Waals surface area contributed by atoms with Gasteiger partial charge in [0.1, 0.15) is 0 Å². The van der Waals surface area contributed by atoms with E-state index < -0.39 is 27.7 Å². The van der Waals surface area contributed by atoms with Crippen LogP contribution in [-0.4, -0.2) is 30.5 Å². The van der Waals surface area contributed by atoms with Crippen molar-refractivity contribution in [2.45, 2.75) is 17.5 Å². The number of hydrogen-bond acceptors (Lipinski definition) is 3. The van der Waals surface area contributed by atoms with Crippen molar-refractivity contribution in [1.29, 1.82) is 0 Å². The lowest BCUT2D eigenvalue weighted by atomic mass is 10.3. The third kappa shape index (κ3) is 3.02. The first kappa shape index (κ1) is 14.1. The van der Waals surface area contributed by atoms with E-state index in [4.69, 9.17) is 4.55 Å². The van der Waals surface area contributed by atoms with Crippen molar-refractivity contribution in [3.63, 3.8) is 0 Å². The molecule has 1 unspecified atom stereocenters. The molecular formula is C5H5F5O4S. The Morgan fingerprint density at radius 2 is 1.67 bits per heavy atom. The van der Waals surface area contributed by atoms with Crippen molar-refractivity contribution in [3.05, 3.63) is 12.8 Å². The van der Waals surface area contributed by atoms with Crippen molar-refractivity contribution < 1.29 is 39.7 Å². The van der Waals surface area contributed by atoms with Gasteiger partial charge in [0.15, 0.2) is 0 Å². The Bertz CT molecular complexity index is 332. The predicted octanol–water partition coefficient (Wildman–Crippen LogP) is 1.56. The van der Waals surface area contributed by atoms with E-state index in [0.717, 1.165) is 0 Å². The summed E-state index contributed by atoms with van der Waals surface area (Å²) in [4.78, 5) is 0. The van der Waals surface area contributed by atoms with Gasteiger partial charge in [-0.1, -0.05) is 6.58 Å². The second-order valence-electron chi connectivity index (χ2n) is 2.26. The molecule has 0 aliphatic carbocycles. The van der Waals surface area contributed by atoms with Crippen molar-refractivity contribution >= 4 is 10.1 Å². The van der Waals surface area contributed by atoms with Gasteiger partial charge in [-0.2, -0.15) is 30.4 Å². The normalized spacial score (nSPS) is 15.9. The first-order valence-electron chi connectivity index (χ1n) is 3.12. The molecule has 1 N–H and O–H groups in total. The molecule has 0 aromatic carbocycles. The fourth-order valence-electron chi connectivity index (χ4n) is 0.578. The first-order valence-corrected chi connectivity index (χ1v) is 4.56. The molecule has 15 heavy (non-hydrogen) atoms. The van der Waals surface area contributed by atoms with Gasteiger partial charge in [0.25, 0.3) is 6.10 Å². The Balaban J connectivity index is 5.36. The summed E-state index contributed by atoms with van der Waals surface area (Å²) in [6.07, 6.45) is -9.68. The van der Waals surface area contributed by atoms with Crippen molar-refractivity contribution in [1.82, 2.24) is 0 Å². The molecule has 0 fully saturated rings. The number of hydrogen-bond donors (Lipinski definition) is 1. The van der Waals surface area contributed by atoms with Crippen LogP contribution in [0.2, 0.25) is 0 Å². The lowest BCUT2D eigenvalue weighted by Gasteiger charge is -2.25. The minimum Gasteiger partial charge on any atom is -0.481 e. The summed E-state index contributed by atoms with van der Waals surface area (Å²) < 4.78 is 92.1. The molecule has 0 saturated carbocycles. The van der Waals surface area contributed by atoms with E-state index in [1.165, 1.54) is 0 Å². The summed E-state index contributed by atoms with van der Waals surface area (Å²) in [5.41, 5.74) is 0. The number of alkyl halides is 5. The molecule has 0 spiro atoms. The molecule has 0 aliphatic rings. The van der Waals surface area contributed by atoms with Crippen LogP contribution in [0.5, 0.6) is 0 Å². The van der Waals surface area contributed by atoms with Gasteiger partial charge in [0, 0.05) is 0 Å². The summed E-state index contributed by atoms with van der Waals surface area (Å²) in [7, 11) is -6.23. The molecular weight excluding hydrogens is 251 g/mol. The highest BCUT2D eigenvalue weighted by molar-refractivity contribution is 7.86.